The van der Waals surface area contributed by atoms with E-state index in [1.807, 2.05) is 6.92 Å². The van der Waals surface area contributed by atoms with E-state index in [2.05, 4.69) is 0 Å². The van der Waals surface area contributed by atoms with Crippen molar-refractivity contribution in [3.63, 3.8) is 0 Å². The Morgan fingerprint density at radius 3 is 2.72 bits per heavy atom. The highest BCUT2D eigenvalue weighted by Crippen LogP contribution is 2.37. The maximum Gasteiger partial charge on any atom is 0.312 e. The second kappa shape index (κ2) is 7.15. The molecule has 1 unspecified atom stereocenters. The molecular weight excluding hydrogens is 342 g/mol. The standard InChI is InChI=1S/C19H18ClNO4/c1-2-25-18-12(6-5-8-15(18)20)10-17(22)21-11-14(19(23)24)13-7-3-4-9-16(13)21/h3-9,14H,2,10-11H2,1H3,(H,23,24). The van der Waals surface area contributed by atoms with Gasteiger partial charge in [0, 0.05) is 17.8 Å². The summed E-state index contributed by atoms with van der Waals surface area (Å²) in [7, 11) is 0. The molecule has 0 bridgehead atoms. The van der Waals surface area contributed by atoms with Gasteiger partial charge in [-0.2, -0.15) is 0 Å². The molecule has 1 aliphatic rings. The van der Waals surface area contributed by atoms with Gasteiger partial charge in [0.2, 0.25) is 5.91 Å². The first-order chi connectivity index (χ1) is 12.0. The largest absolute Gasteiger partial charge is 0.492 e. The first-order valence-electron chi connectivity index (χ1n) is 8.05. The molecule has 130 valence electrons. The Labute approximate surface area is 150 Å². The lowest BCUT2D eigenvalue weighted by Gasteiger charge is -2.19. The number of aliphatic carboxylic acids is 1. The summed E-state index contributed by atoms with van der Waals surface area (Å²) in [5, 5.41) is 9.88. The Morgan fingerprint density at radius 2 is 2.00 bits per heavy atom. The van der Waals surface area contributed by atoms with Crippen LogP contribution < -0.4 is 9.64 Å². The molecule has 0 aliphatic carbocycles. The predicted octanol–water partition coefficient (Wildman–Crippen LogP) is 3.50. The zero-order chi connectivity index (χ0) is 18.0. The lowest BCUT2D eigenvalue weighted by Crippen LogP contribution is -2.32. The quantitative estimate of drug-likeness (QED) is 0.887. The fourth-order valence-electron chi connectivity index (χ4n) is 3.11. The van der Waals surface area contributed by atoms with Crippen LogP contribution in [0.2, 0.25) is 5.02 Å². The van der Waals surface area contributed by atoms with E-state index in [1.165, 1.54) is 4.90 Å². The first-order valence-corrected chi connectivity index (χ1v) is 8.43. The Morgan fingerprint density at radius 1 is 1.24 bits per heavy atom. The summed E-state index contributed by atoms with van der Waals surface area (Å²) in [6.07, 6.45) is 0.0938. The van der Waals surface area contributed by atoms with Crippen molar-refractivity contribution in [1.82, 2.24) is 0 Å². The molecule has 3 rings (SSSR count). The van der Waals surface area contributed by atoms with Crippen LogP contribution in [0, 0.1) is 0 Å². The highest BCUT2D eigenvalue weighted by molar-refractivity contribution is 6.32. The Hall–Kier alpha value is -2.53. The van der Waals surface area contributed by atoms with Gasteiger partial charge in [-0.25, -0.2) is 0 Å². The lowest BCUT2D eigenvalue weighted by molar-refractivity contribution is -0.138. The van der Waals surface area contributed by atoms with Crippen LogP contribution >= 0.6 is 11.6 Å². The maximum absolute atomic E-state index is 12.8. The topological polar surface area (TPSA) is 66.8 Å². The zero-order valence-corrected chi connectivity index (χ0v) is 14.5. The van der Waals surface area contributed by atoms with Crippen LogP contribution in [0.4, 0.5) is 5.69 Å². The first kappa shape index (κ1) is 17.3. The molecule has 25 heavy (non-hydrogen) atoms. The summed E-state index contributed by atoms with van der Waals surface area (Å²) in [6, 6.07) is 12.4. The van der Waals surface area contributed by atoms with E-state index < -0.39 is 11.9 Å². The number of para-hydroxylation sites is 2. The summed E-state index contributed by atoms with van der Waals surface area (Å²) < 4.78 is 5.56. The summed E-state index contributed by atoms with van der Waals surface area (Å²) >= 11 is 6.17. The number of carboxylic acid groups (broad SMARTS) is 1. The number of carbonyl (C=O) groups excluding carboxylic acids is 1. The smallest absolute Gasteiger partial charge is 0.312 e. The molecule has 2 aromatic carbocycles. The number of ether oxygens (including phenoxy) is 1. The molecule has 0 saturated heterocycles. The number of halogens is 1. The minimum absolute atomic E-state index is 0.0938. The zero-order valence-electron chi connectivity index (χ0n) is 13.7. The molecule has 1 N–H and O–H groups in total. The molecule has 0 spiro atoms. The number of hydrogen-bond acceptors (Lipinski definition) is 3. The minimum atomic E-state index is -0.930. The summed E-state index contributed by atoms with van der Waals surface area (Å²) in [5.41, 5.74) is 2.01. The Kier molecular flexibility index (Phi) is 4.95. The van der Waals surface area contributed by atoms with Gasteiger partial charge in [-0.05, 0) is 24.6 Å². The monoisotopic (exact) mass is 359 g/mol. The minimum Gasteiger partial charge on any atom is -0.492 e. The fraction of sp³-hybridized carbons (Fsp3) is 0.263. The molecule has 1 amide bonds. The molecule has 0 fully saturated rings. The molecular formula is C19H18ClNO4. The normalized spacial score (nSPS) is 15.8. The van der Waals surface area contributed by atoms with Gasteiger partial charge in [-0.15, -0.1) is 0 Å². The third-order valence-corrected chi connectivity index (χ3v) is 4.54. The van der Waals surface area contributed by atoms with Crippen molar-refractivity contribution in [3.05, 3.63) is 58.6 Å². The summed E-state index contributed by atoms with van der Waals surface area (Å²) in [6.45, 7) is 2.43. The fourth-order valence-corrected chi connectivity index (χ4v) is 3.36. The van der Waals surface area contributed by atoms with Crippen molar-refractivity contribution < 1.29 is 19.4 Å². The summed E-state index contributed by atoms with van der Waals surface area (Å²) in [4.78, 5) is 25.9. The Balaban J connectivity index is 1.88. The molecule has 1 atom stereocenters. The molecule has 2 aromatic rings. The van der Waals surface area contributed by atoms with Gasteiger partial charge in [0.15, 0.2) is 0 Å². The van der Waals surface area contributed by atoms with Crippen molar-refractivity contribution in [2.45, 2.75) is 19.3 Å². The molecule has 0 saturated carbocycles. The van der Waals surface area contributed by atoms with E-state index in [0.717, 1.165) is 0 Å². The van der Waals surface area contributed by atoms with Crippen LogP contribution in [0.5, 0.6) is 5.75 Å². The van der Waals surface area contributed by atoms with Crippen molar-refractivity contribution in [3.8, 4) is 5.75 Å². The summed E-state index contributed by atoms with van der Waals surface area (Å²) in [5.74, 6) is -1.31. The van der Waals surface area contributed by atoms with Crippen LogP contribution in [-0.2, 0) is 16.0 Å². The van der Waals surface area contributed by atoms with Crippen molar-refractivity contribution in [1.29, 1.82) is 0 Å². The predicted molar refractivity (Wildman–Crippen MR) is 95.5 cm³/mol. The van der Waals surface area contributed by atoms with Gasteiger partial charge in [-0.3, -0.25) is 9.59 Å². The molecule has 1 heterocycles. The third kappa shape index (κ3) is 3.33. The van der Waals surface area contributed by atoms with Crippen molar-refractivity contribution in [2.24, 2.45) is 0 Å². The van der Waals surface area contributed by atoms with Gasteiger partial charge in [-0.1, -0.05) is 41.9 Å². The average molecular weight is 360 g/mol. The van der Waals surface area contributed by atoms with E-state index >= 15 is 0 Å². The third-order valence-electron chi connectivity index (χ3n) is 4.25. The molecule has 6 heteroatoms. The van der Waals surface area contributed by atoms with Crippen molar-refractivity contribution in [2.75, 3.05) is 18.1 Å². The van der Waals surface area contributed by atoms with Crippen LogP contribution in [-0.4, -0.2) is 30.1 Å². The van der Waals surface area contributed by atoms with Crippen LogP contribution in [0.15, 0.2) is 42.5 Å². The van der Waals surface area contributed by atoms with Gasteiger partial charge in [0.05, 0.1) is 18.1 Å². The van der Waals surface area contributed by atoms with Gasteiger partial charge >= 0.3 is 5.97 Å². The van der Waals surface area contributed by atoms with E-state index in [-0.39, 0.29) is 18.9 Å². The number of hydrogen-bond donors (Lipinski definition) is 1. The highest BCUT2D eigenvalue weighted by Gasteiger charge is 2.36. The van der Waals surface area contributed by atoms with E-state index in [9.17, 15) is 14.7 Å². The maximum atomic E-state index is 12.8. The number of anilines is 1. The molecule has 0 radical (unpaired) electrons. The second-order valence-electron chi connectivity index (χ2n) is 5.79. The van der Waals surface area contributed by atoms with Crippen LogP contribution in [0.1, 0.15) is 24.0 Å². The lowest BCUT2D eigenvalue weighted by atomic mass is 10.0. The van der Waals surface area contributed by atoms with E-state index in [1.54, 1.807) is 42.5 Å². The number of rotatable bonds is 5. The van der Waals surface area contributed by atoms with Gasteiger partial charge < -0.3 is 14.7 Å². The van der Waals surface area contributed by atoms with Crippen LogP contribution in [0.3, 0.4) is 0 Å². The average Bonchev–Trinajstić information content (AvgIpc) is 2.98. The number of carboxylic acids is 1. The molecule has 1 aliphatic heterocycles. The number of carbonyl (C=O) groups is 2. The SMILES string of the molecule is CCOc1c(Cl)cccc1CC(=O)N1CC(C(=O)O)c2ccccc21. The van der Waals surface area contributed by atoms with E-state index in [0.29, 0.717) is 34.2 Å². The number of fused-ring (bicyclic) bond motifs is 1. The molecule has 0 aromatic heterocycles. The number of nitrogens with zero attached hydrogens (tertiary/aromatic N) is 1. The van der Waals surface area contributed by atoms with Crippen LogP contribution in [0.25, 0.3) is 0 Å². The number of amides is 1. The second-order valence-corrected chi connectivity index (χ2v) is 6.20. The Bertz CT molecular complexity index is 821. The highest BCUT2D eigenvalue weighted by atomic mass is 35.5. The van der Waals surface area contributed by atoms with Gasteiger partial charge in [0.25, 0.3) is 0 Å². The molecule has 5 nitrogen and oxygen atoms in total. The van der Waals surface area contributed by atoms with Crippen molar-refractivity contribution >= 4 is 29.2 Å². The van der Waals surface area contributed by atoms with Gasteiger partial charge in [0.1, 0.15) is 11.7 Å². The van der Waals surface area contributed by atoms with E-state index in [4.69, 9.17) is 16.3 Å². The number of benzene rings is 2.